The topological polar surface area (TPSA) is 83.4 Å². The van der Waals surface area contributed by atoms with Gasteiger partial charge >= 0.3 is 0 Å². The van der Waals surface area contributed by atoms with Crippen molar-refractivity contribution in [2.75, 3.05) is 27.3 Å². The molecule has 1 amide bonds. The van der Waals surface area contributed by atoms with Crippen molar-refractivity contribution in [2.45, 2.75) is 12.7 Å². The Hall–Kier alpha value is -2.36. The Morgan fingerprint density at radius 1 is 1.32 bits per heavy atom. The van der Waals surface area contributed by atoms with E-state index in [0.717, 1.165) is 5.56 Å². The van der Waals surface area contributed by atoms with Gasteiger partial charge in [0.05, 0.1) is 6.54 Å². The zero-order chi connectivity index (χ0) is 16.2. The summed E-state index contributed by atoms with van der Waals surface area (Å²) in [6.45, 7) is 0.816. The van der Waals surface area contributed by atoms with Gasteiger partial charge in [0.15, 0.2) is 6.29 Å². The molecule has 1 aromatic carbocycles. The van der Waals surface area contributed by atoms with E-state index in [2.05, 4.69) is 10.6 Å². The fourth-order valence-corrected chi connectivity index (χ4v) is 1.73. The summed E-state index contributed by atoms with van der Waals surface area (Å²) in [5.41, 5.74) is 1.14. The van der Waals surface area contributed by atoms with Crippen molar-refractivity contribution >= 4 is 5.91 Å². The molecule has 0 aromatic heterocycles. The molecule has 0 unspecified atom stereocenters. The van der Waals surface area contributed by atoms with Crippen LogP contribution >= 0.6 is 0 Å². The van der Waals surface area contributed by atoms with Crippen molar-refractivity contribution in [1.29, 1.82) is 5.26 Å². The molecule has 0 radical (unpaired) electrons. The SMILES string of the molecule is COC(CN/C=C(/C#N)C(=O)NCCc1ccccc1)OC. The highest BCUT2D eigenvalue weighted by molar-refractivity contribution is 5.97. The zero-order valence-corrected chi connectivity index (χ0v) is 12.8. The molecule has 118 valence electrons. The Labute approximate surface area is 130 Å². The lowest BCUT2D eigenvalue weighted by atomic mass is 10.1. The van der Waals surface area contributed by atoms with Crippen LogP contribution < -0.4 is 10.6 Å². The number of benzene rings is 1. The maximum absolute atomic E-state index is 11.9. The van der Waals surface area contributed by atoms with Crippen molar-refractivity contribution in [3.05, 3.63) is 47.7 Å². The number of amides is 1. The smallest absolute Gasteiger partial charge is 0.263 e. The first-order valence-corrected chi connectivity index (χ1v) is 6.92. The van der Waals surface area contributed by atoms with E-state index in [1.54, 1.807) is 0 Å². The van der Waals surface area contributed by atoms with Crippen molar-refractivity contribution in [1.82, 2.24) is 10.6 Å². The molecule has 0 aliphatic carbocycles. The number of ether oxygens (including phenoxy) is 2. The van der Waals surface area contributed by atoms with Gasteiger partial charge in [-0.1, -0.05) is 30.3 Å². The molecule has 0 aliphatic rings. The molecule has 0 saturated heterocycles. The van der Waals surface area contributed by atoms with Gasteiger partial charge in [-0.15, -0.1) is 0 Å². The number of carbonyl (C=O) groups is 1. The van der Waals surface area contributed by atoms with Crippen LogP contribution in [-0.2, 0) is 20.7 Å². The third kappa shape index (κ3) is 6.39. The molecule has 2 N–H and O–H groups in total. The molecule has 0 atom stereocenters. The van der Waals surface area contributed by atoms with Gasteiger partial charge in [0, 0.05) is 27.0 Å². The lowest BCUT2D eigenvalue weighted by molar-refractivity contribution is -0.117. The molecule has 0 bridgehead atoms. The lowest BCUT2D eigenvalue weighted by Crippen LogP contribution is -2.30. The van der Waals surface area contributed by atoms with Crippen LogP contribution in [0.3, 0.4) is 0 Å². The summed E-state index contributed by atoms with van der Waals surface area (Å²) in [7, 11) is 3.03. The van der Waals surface area contributed by atoms with Crippen LogP contribution in [0.2, 0.25) is 0 Å². The monoisotopic (exact) mass is 303 g/mol. The van der Waals surface area contributed by atoms with Crippen LogP contribution in [0.4, 0.5) is 0 Å². The van der Waals surface area contributed by atoms with E-state index >= 15 is 0 Å². The summed E-state index contributed by atoms with van der Waals surface area (Å²) in [5, 5.41) is 14.6. The number of nitrogens with one attached hydrogen (secondary N) is 2. The van der Waals surface area contributed by atoms with Gasteiger partial charge in [-0.05, 0) is 12.0 Å². The first-order chi connectivity index (χ1) is 10.7. The van der Waals surface area contributed by atoms with Crippen LogP contribution in [0.15, 0.2) is 42.1 Å². The second-order valence-electron chi connectivity index (χ2n) is 4.47. The van der Waals surface area contributed by atoms with E-state index in [-0.39, 0.29) is 5.57 Å². The molecule has 22 heavy (non-hydrogen) atoms. The number of carbonyl (C=O) groups excluding carboxylic acids is 1. The van der Waals surface area contributed by atoms with E-state index in [0.29, 0.717) is 19.5 Å². The standard InChI is InChI=1S/C16H21N3O3/c1-21-15(22-2)12-18-11-14(10-17)16(20)19-9-8-13-6-4-3-5-7-13/h3-7,11,15,18H,8-9,12H2,1-2H3,(H,19,20)/b14-11-. The van der Waals surface area contributed by atoms with Gasteiger partial charge in [0.25, 0.3) is 5.91 Å². The largest absolute Gasteiger partial charge is 0.385 e. The minimum Gasteiger partial charge on any atom is -0.385 e. The lowest BCUT2D eigenvalue weighted by Gasteiger charge is -2.12. The van der Waals surface area contributed by atoms with Gasteiger partial charge in [-0.2, -0.15) is 5.26 Å². The molecule has 6 heteroatoms. The van der Waals surface area contributed by atoms with Crippen molar-refractivity contribution in [2.24, 2.45) is 0 Å². The normalized spacial score (nSPS) is 11.1. The van der Waals surface area contributed by atoms with E-state index in [1.165, 1.54) is 20.4 Å². The van der Waals surface area contributed by atoms with E-state index in [1.807, 2.05) is 36.4 Å². The third-order valence-corrected chi connectivity index (χ3v) is 2.96. The average Bonchev–Trinajstić information content (AvgIpc) is 2.56. The molecule has 0 aliphatic heterocycles. The quantitative estimate of drug-likeness (QED) is 0.403. The van der Waals surface area contributed by atoms with Crippen molar-refractivity contribution in [3.63, 3.8) is 0 Å². The third-order valence-electron chi connectivity index (χ3n) is 2.96. The minimum absolute atomic E-state index is 0.0130. The molecule has 0 fully saturated rings. The molecule has 0 saturated carbocycles. The molecule has 6 nitrogen and oxygen atoms in total. The summed E-state index contributed by atoms with van der Waals surface area (Å²) in [6, 6.07) is 11.7. The Morgan fingerprint density at radius 2 is 2.00 bits per heavy atom. The van der Waals surface area contributed by atoms with Crippen LogP contribution in [0.25, 0.3) is 0 Å². The summed E-state index contributed by atoms with van der Waals surface area (Å²) in [6.07, 6.45) is 1.65. The summed E-state index contributed by atoms with van der Waals surface area (Å²) < 4.78 is 9.98. The fraction of sp³-hybridized carbons (Fsp3) is 0.375. The predicted octanol–water partition coefficient (Wildman–Crippen LogP) is 0.961. The van der Waals surface area contributed by atoms with E-state index in [4.69, 9.17) is 14.7 Å². The number of nitrogens with zero attached hydrogens (tertiary/aromatic N) is 1. The average molecular weight is 303 g/mol. The number of nitriles is 1. The Morgan fingerprint density at radius 3 is 2.59 bits per heavy atom. The highest BCUT2D eigenvalue weighted by atomic mass is 16.7. The first-order valence-electron chi connectivity index (χ1n) is 6.92. The van der Waals surface area contributed by atoms with Crippen LogP contribution in [0.1, 0.15) is 5.56 Å². The van der Waals surface area contributed by atoms with Crippen LogP contribution in [-0.4, -0.2) is 39.5 Å². The van der Waals surface area contributed by atoms with E-state index < -0.39 is 12.2 Å². The maximum Gasteiger partial charge on any atom is 0.263 e. The molecule has 0 spiro atoms. The number of rotatable bonds is 9. The second kappa shape index (κ2) is 10.4. The first kappa shape index (κ1) is 17.7. The molecule has 1 aromatic rings. The maximum atomic E-state index is 11.9. The number of methoxy groups -OCH3 is 2. The molecular weight excluding hydrogens is 282 g/mol. The van der Waals surface area contributed by atoms with Crippen LogP contribution in [0, 0.1) is 11.3 Å². The minimum atomic E-state index is -0.433. The molecular formula is C16H21N3O3. The Balaban J connectivity index is 2.39. The highest BCUT2D eigenvalue weighted by Gasteiger charge is 2.09. The number of hydrogen-bond donors (Lipinski definition) is 2. The van der Waals surface area contributed by atoms with E-state index in [9.17, 15) is 4.79 Å². The van der Waals surface area contributed by atoms with Gasteiger partial charge in [-0.3, -0.25) is 4.79 Å². The van der Waals surface area contributed by atoms with Gasteiger partial charge in [0.1, 0.15) is 11.6 Å². The van der Waals surface area contributed by atoms with Crippen molar-refractivity contribution in [3.8, 4) is 6.07 Å². The van der Waals surface area contributed by atoms with Gasteiger partial charge in [-0.25, -0.2) is 0 Å². The zero-order valence-electron chi connectivity index (χ0n) is 12.8. The van der Waals surface area contributed by atoms with Gasteiger partial charge in [0.2, 0.25) is 0 Å². The highest BCUT2D eigenvalue weighted by Crippen LogP contribution is 1.99. The van der Waals surface area contributed by atoms with Crippen LogP contribution in [0.5, 0.6) is 0 Å². The predicted molar refractivity (Wildman–Crippen MR) is 82.7 cm³/mol. The summed E-state index contributed by atoms with van der Waals surface area (Å²) in [4.78, 5) is 11.9. The molecule has 0 heterocycles. The van der Waals surface area contributed by atoms with Gasteiger partial charge < -0.3 is 20.1 Å². The second-order valence-corrected chi connectivity index (χ2v) is 4.47. The Bertz CT molecular complexity index is 519. The summed E-state index contributed by atoms with van der Waals surface area (Å²) >= 11 is 0. The Kier molecular flexibility index (Phi) is 8.35. The number of hydrogen-bond acceptors (Lipinski definition) is 5. The fourth-order valence-electron chi connectivity index (χ4n) is 1.73. The summed E-state index contributed by atoms with van der Waals surface area (Å²) in [5.74, 6) is -0.405. The van der Waals surface area contributed by atoms with Crippen molar-refractivity contribution < 1.29 is 14.3 Å². The molecule has 1 rings (SSSR count).